The van der Waals surface area contributed by atoms with Crippen molar-refractivity contribution in [2.24, 2.45) is 4.99 Å². The van der Waals surface area contributed by atoms with E-state index < -0.39 is 0 Å². The number of carbonyl (C=O) groups excluding carboxylic acids is 1. The maximum Gasteiger partial charge on any atom is 0.214 e. The third-order valence-electron chi connectivity index (χ3n) is 4.04. The van der Waals surface area contributed by atoms with Crippen LogP contribution in [0.3, 0.4) is 0 Å². The van der Waals surface area contributed by atoms with Gasteiger partial charge in [-0.3, -0.25) is 9.28 Å². The van der Waals surface area contributed by atoms with Gasteiger partial charge in [0.1, 0.15) is 17.1 Å². The molecule has 0 radical (unpaired) electrons. The van der Waals surface area contributed by atoms with Crippen LogP contribution in [0.25, 0.3) is 6.08 Å². The molecule has 1 aliphatic carbocycles. The van der Waals surface area contributed by atoms with Gasteiger partial charge in [0.15, 0.2) is 0 Å². The molecule has 0 spiro atoms. The maximum absolute atomic E-state index is 12.8. The average molecular weight is 437 g/mol. The van der Waals surface area contributed by atoms with Crippen LogP contribution in [0.5, 0.6) is 5.75 Å². The Morgan fingerprint density at radius 3 is 2.50 bits per heavy atom. The van der Waals surface area contributed by atoms with Crippen molar-refractivity contribution < 1.29 is 22.3 Å². The largest absolute Gasteiger partial charge is 1.00 e. The van der Waals surface area contributed by atoms with E-state index in [1.54, 1.807) is 12.2 Å². The van der Waals surface area contributed by atoms with Gasteiger partial charge in [0.25, 0.3) is 0 Å². The number of nitrogen functional groups attached to an aromatic ring is 1. The number of halogens is 2. The number of ketones is 1. The third-order valence-corrected chi connectivity index (χ3v) is 4.65. The van der Waals surface area contributed by atoms with Gasteiger partial charge in [0.2, 0.25) is 5.78 Å². The van der Waals surface area contributed by atoms with Crippen LogP contribution in [0.1, 0.15) is 15.9 Å². The van der Waals surface area contributed by atoms with Crippen molar-refractivity contribution >= 4 is 50.6 Å². The van der Waals surface area contributed by atoms with E-state index in [1.807, 2.05) is 24.3 Å². The number of allylic oxidation sites excluding steroid dienone is 1. The first kappa shape index (κ1) is 20.2. The highest BCUT2D eigenvalue weighted by molar-refractivity contribution is 9.10. The molecular formula is C19H19BrClN3O2. The number of fused-ring (bicyclic) bond motifs is 1. The Bertz CT molecular complexity index is 947. The molecule has 0 saturated carbocycles. The summed E-state index contributed by atoms with van der Waals surface area (Å²) in [5.74, 6) is -0.298. The molecule has 0 fully saturated rings. The van der Waals surface area contributed by atoms with E-state index in [0.29, 0.717) is 31.6 Å². The van der Waals surface area contributed by atoms with Gasteiger partial charge >= 0.3 is 0 Å². The van der Waals surface area contributed by atoms with Gasteiger partial charge in [0, 0.05) is 17.3 Å². The molecule has 0 heterocycles. The number of aliphatic imine (C=N–C) groups is 1. The number of nitrogens with two attached hydrogens (primary N) is 1. The Morgan fingerprint density at radius 2 is 1.85 bits per heavy atom. The fraction of sp³-hybridized carbons (Fsp3) is 0.158. The summed E-state index contributed by atoms with van der Waals surface area (Å²) in [7, 11) is 6.19. The van der Waals surface area contributed by atoms with Gasteiger partial charge in [0.05, 0.1) is 36.9 Å². The first-order valence-corrected chi connectivity index (χ1v) is 8.52. The molecule has 0 aliphatic heterocycles. The highest BCUT2D eigenvalue weighted by Crippen LogP contribution is 2.38. The molecule has 5 nitrogen and oxygen atoms in total. The second-order valence-corrected chi connectivity index (χ2v) is 7.63. The quantitative estimate of drug-likeness (QED) is 0.418. The van der Waals surface area contributed by atoms with Crippen LogP contribution in [0.4, 0.5) is 17.1 Å². The van der Waals surface area contributed by atoms with Crippen molar-refractivity contribution in [3.05, 3.63) is 52.0 Å². The minimum atomic E-state index is -0.298. The second-order valence-electron chi connectivity index (χ2n) is 6.78. The summed E-state index contributed by atoms with van der Waals surface area (Å²) in [5.41, 5.74) is 9.05. The maximum atomic E-state index is 12.8. The number of phenols is 1. The Labute approximate surface area is 167 Å². The summed E-state index contributed by atoms with van der Waals surface area (Å²) in [6.07, 6.45) is 3.27. The molecule has 0 bridgehead atoms. The van der Waals surface area contributed by atoms with Crippen LogP contribution in [0.15, 0.2) is 45.9 Å². The number of Topliss-reactive ketones (excluding diaryl/α,β-unsaturated/α-hetero) is 1. The number of hydrogen-bond acceptors (Lipinski definition) is 4. The van der Waals surface area contributed by atoms with E-state index in [4.69, 9.17) is 5.73 Å². The normalized spacial score (nSPS) is 14.9. The van der Waals surface area contributed by atoms with Crippen molar-refractivity contribution in [2.75, 3.05) is 26.9 Å². The summed E-state index contributed by atoms with van der Waals surface area (Å²) in [5, 5.41) is 10.1. The van der Waals surface area contributed by atoms with Crippen molar-refractivity contribution in [3.63, 3.8) is 0 Å². The van der Waals surface area contributed by atoms with Gasteiger partial charge in [-0.2, -0.15) is 0 Å². The zero-order valence-electron chi connectivity index (χ0n) is 14.6. The zero-order valence-corrected chi connectivity index (χ0v) is 17.0. The molecule has 3 N–H and O–H groups in total. The lowest BCUT2D eigenvalue weighted by molar-refractivity contribution is -0.0000131. The van der Waals surface area contributed by atoms with Crippen LogP contribution in [-0.2, 0) is 0 Å². The smallest absolute Gasteiger partial charge is 0.214 e. The van der Waals surface area contributed by atoms with E-state index in [-0.39, 0.29) is 29.5 Å². The van der Waals surface area contributed by atoms with E-state index >= 15 is 0 Å². The zero-order chi connectivity index (χ0) is 18.4. The van der Waals surface area contributed by atoms with Crippen molar-refractivity contribution in [1.29, 1.82) is 0 Å². The van der Waals surface area contributed by atoms with Crippen LogP contribution >= 0.6 is 15.9 Å². The number of rotatable bonds is 2. The molecule has 0 atom stereocenters. The van der Waals surface area contributed by atoms with E-state index in [2.05, 4.69) is 42.1 Å². The molecular weight excluding hydrogens is 418 g/mol. The predicted molar refractivity (Wildman–Crippen MR) is 107 cm³/mol. The Morgan fingerprint density at radius 1 is 1.15 bits per heavy atom. The topological polar surface area (TPSA) is 75.7 Å². The SMILES string of the molecule is C[N+](C)(C)c1cccc(N=C2C=Cc3c(O)c(Br)cc(N)c3C2=O)c1.[Cl-]. The summed E-state index contributed by atoms with van der Waals surface area (Å²) in [6, 6.07) is 9.27. The molecule has 0 unspecified atom stereocenters. The molecule has 7 heteroatoms. The monoisotopic (exact) mass is 435 g/mol. The number of aromatic hydroxyl groups is 1. The average Bonchev–Trinajstić information content (AvgIpc) is 2.54. The molecule has 0 amide bonds. The summed E-state index contributed by atoms with van der Waals surface area (Å²) < 4.78 is 1.11. The molecule has 1 aliphatic rings. The third kappa shape index (κ3) is 3.67. The van der Waals surface area contributed by atoms with Crippen LogP contribution < -0.4 is 22.6 Å². The van der Waals surface area contributed by atoms with Gasteiger partial charge < -0.3 is 23.2 Å². The van der Waals surface area contributed by atoms with Gasteiger partial charge in [-0.25, -0.2) is 4.99 Å². The molecule has 136 valence electrons. The van der Waals surface area contributed by atoms with Crippen molar-refractivity contribution in [2.45, 2.75) is 0 Å². The second kappa shape index (κ2) is 7.23. The number of phenolic OH excluding ortho intramolecular Hbond substituents is 1. The van der Waals surface area contributed by atoms with Crippen LogP contribution in [0, 0.1) is 0 Å². The molecule has 0 saturated heterocycles. The molecule has 26 heavy (non-hydrogen) atoms. The minimum Gasteiger partial charge on any atom is -1.00 e. The van der Waals surface area contributed by atoms with E-state index in [0.717, 1.165) is 5.69 Å². The number of benzene rings is 2. The highest BCUT2D eigenvalue weighted by Gasteiger charge is 2.26. The summed E-state index contributed by atoms with van der Waals surface area (Å²) in [6.45, 7) is 0. The minimum absolute atomic E-state index is 0. The summed E-state index contributed by atoms with van der Waals surface area (Å²) in [4.78, 5) is 17.3. The van der Waals surface area contributed by atoms with Crippen molar-refractivity contribution in [1.82, 2.24) is 4.48 Å². The van der Waals surface area contributed by atoms with Crippen molar-refractivity contribution in [3.8, 4) is 5.75 Å². The number of carbonyl (C=O) groups is 1. The Hall–Kier alpha value is -2.15. The van der Waals surface area contributed by atoms with Gasteiger partial charge in [-0.15, -0.1) is 0 Å². The Balaban J connectivity index is 0.00000243. The lowest BCUT2D eigenvalue weighted by Crippen LogP contribution is -3.00. The van der Waals surface area contributed by atoms with Gasteiger partial charge in [-0.05, 0) is 46.3 Å². The predicted octanol–water partition coefficient (Wildman–Crippen LogP) is 0.920. The van der Waals surface area contributed by atoms with Gasteiger partial charge in [-0.1, -0.05) is 6.07 Å². The van der Waals surface area contributed by atoms with Crippen LogP contribution in [-0.4, -0.2) is 37.7 Å². The molecule has 2 aromatic rings. The number of nitrogens with zero attached hydrogens (tertiary/aromatic N) is 2. The van der Waals surface area contributed by atoms with E-state index in [9.17, 15) is 9.90 Å². The summed E-state index contributed by atoms with van der Waals surface area (Å²) >= 11 is 3.23. The first-order valence-electron chi connectivity index (χ1n) is 7.73. The molecule has 0 aromatic heterocycles. The lowest BCUT2D eigenvalue weighted by atomic mass is 9.92. The number of anilines is 1. The number of quaternary nitrogens is 1. The van der Waals surface area contributed by atoms with E-state index in [1.165, 1.54) is 6.07 Å². The molecule has 2 aromatic carbocycles. The molecule has 3 rings (SSSR count). The fourth-order valence-corrected chi connectivity index (χ4v) is 3.13. The fourth-order valence-electron chi connectivity index (χ4n) is 2.67. The lowest BCUT2D eigenvalue weighted by Gasteiger charge is -2.23. The first-order chi connectivity index (χ1) is 11.7. The highest BCUT2D eigenvalue weighted by atomic mass is 79.9. The Kier molecular flexibility index (Phi) is 5.61. The standard InChI is InChI=1S/C19H18BrN3O2.ClH/c1-23(2,3)12-6-4-5-11(9-12)22-16-8-7-13-17(19(16)25)15(21)10-14(20)18(13)24;/h4-10H,1-3H3,(H2-,21,22,24,25);1H. The van der Waals surface area contributed by atoms with Crippen LogP contribution in [0.2, 0.25) is 0 Å². The number of hydrogen-bond donors (Lipinski definition) is 2.